The van der Waals surface area contributed by atoms with Crippen LogP contribution in [0.3, 0.4) is 0 Å². The average Bonchev–Trinajstić information content (AvgIpc) is 2.53. The molecule has 2 rings (SSSR count). The van der Waals surface area contributed by atoms with Crippen molar-refractivity contribution in [3.8, 4) is 0 Å². The maximum Gasteiger partial charge on any atom is 0.256 e. The Morgan fingerprint density at radius 3 is 2.82 bits per heavy atom. The van der Waals surface area contributed by atoms with Gasteiger partial charge in [0, 0.05) is 7.05 Å². The number of fused-ring (bicyclic) bond motifs is 1. The van der Waals surface area contributed by atoms with Crippen LogP contribution in [0.4, 0.5) is 0 Å². The number of likely N-dealkylation sites (N-methyl/N-ethyl adjacent to an activating group) is 1. The van der Waals surface area contributed by atoms with E-state index in [-0.39, 0.29) is 17.7 Å². The van der Waals surface area contributed by atoms with Crippen LogP contribution in [-0.2, 0) is 9.59 Å². The van der Waals surface area contributed by atoms with Gasteiger partial charge in [0.1, 0.15) is 0 Å². The van der Waals surface area contributed by atoms with Crippen molar-refractivity contribution in [2.75, 3.05) is 13.6 Å². The van der Waals surface area contributed by atoms with Gasteiger partial charge in [-0.15, -0.1) is 0 Å². The van der Waals surface area contributed by atoms with Crippen molar-refractivity contribution in [1.29, 1.82) is 0 Å². The highest BCUT2D eigenvalue weighted by Gasteiger charge is 2.48. The van der Waals surface area contributed by atoms with Crippen LogP contribution in [0.25, 0.3) is 0 Å². The average molecular weight is 153 g/mol. The van der Waals surface area contributed by atoms with Crippen molar-refractivity contribution in [2.24, 2.45) is 16.1 Å². The van der Waals surface area contributed by atoms with E-state index in [1.807, 2.05) is 0 Å². The molecule has 0 spiro atoms. The lowest BCUT2D eigenvalue weighted by Gasteiger charge is -2.04. The van der Waals surface area contributed by atoms with E-state index in [2.05, 4.69) is 10.2 Å². The summed E-state index contributed by atoms with van der Waals surface area (Å²) in [7, 11) is 1.48. The molecule has 0 saturated carbocycles. The molecule has 0 radical (unpaired) electrons. The minimum atomic E-state index is -0.507. The van der Waals surface area contributed by atoms with Gasteiger partial charge in [-0.1, -0.05) is 0 Å². The van der Waals surface area contributed by atoms with Crippen molar-refractivity contribution in [3.05, 3.63) is 0 Å². The molecule has 5 nitrogen and oxygen atoms in total. The van der Waals surface area contributed by atoms with Crippen molar-refractivity contribution in [3.63, 3.8) is 0 Å². The molecule has 0 aromatic carbocycles. The topological polar surface area (TPSA) is 62.1 Å². The van der Waals surface area contributed by atoms with Crippen molar-refractivity contribution in [1.82, 2.24) is 4.90 Å². The first kappa shape index (κ1) is 6.45. The molecule has 2 amide bonds. The van der Waals surface area contributed by atoms with Crippen molar-refractivity contribution >= 4 is 11.8 Å². The zero-order chi connectivity index (χ0) is 8.01. The molecule has 0 aromatic heterocycles. The molecule has 11 heavy (non-hydrogen) atoms. The molecule has 0 bridgehead atoms. The summed E-state index contributed by atoms with van der Waals surface area (Å²) in [5.74, 6) is -0.668. The number of imide groups is 1. The Bertz CT molecular complexity index is 261. The predicted molar refractivity (Wildman–Crippen MR) is 34.8 cm³/mol. The number of carbonyl (C=O) groups excluding carboxylic acids is 2. The lowest BCUT2D eigenvalue weighted by molar-refractivity contribution is -0.137. The van der Waals surface area contributed by atoms with Gasteiger partial charge in [-0.2, -0.15) is 10.2 Å². The maximum absolute atomic E-state index is 11.2. The Morgan fingerprint density at radius 2 is 2.18 bits per heavy atom. The van der Waals surface area contributed by atoms with Gasteiger partial charge in [0.05, 0.1) is 12.5 Å². The molecule has 1 fully saturated rings. The summed E-state index contributed by atoms with van der Waals surface area (Å²) in [5.41, 5.74) is 0. The smallest absolute Gasteiger partial charge is 0.256 e. The van der Waals surface area contributed by atoms with Crippen molar-refractivity contribution in [2.45, 2.75) is 6.04 Å². The molecule has 58 valence electrons. The molecule has 2 aliphatic heterocycles. The molecule has 5 heteroatoms. The van der Waals surface area contributed by atoms with Crippen LogP contribution in [0.15, 0.2) is 10.2 Å². The molecule has 1 saturated heterocycles. The van der Waals surface area contributed by atoms with Gasteiger partial charge in [0.15, 0.2) is 6.04 Å². The fourth-order valence-corrected chi connectivity index (χ4v) is 1.39. The molecular weight excluding hydrogens is 146 g/mol. The fraction of sp³-hybridized carbons (Fsp3) is 0.667. The van der Waals surface area contributed by atoms with Gasteiger partial charge in [0.2, 0.25) is 5.91 Å². The van der Waals surface area contributed by atoms with Crippen LogP contribution in [0.5, 0.6) is 0 Å². The third-order valence-electron chi connectivity index (χ3n) is 2.10. The first-order valence-corrected chi connectivity index (χ1v) is 3.40. The minimum Gasteiger partial charge on any atom is -0.283 e. The Balaban J connectivity index is 2.36. The third-order valence-corrected chi connectivity index (χ3v) is 2.10. The molecule has 0 aromatic rings. The molecule has 0 aliphatic carbocycles. The molecule has 0 N–H and O–H groups in total. The van der Waals surface area contributed by atoms with Crippen LogP contribution in [0, 0.1) is 5.92 Å². The van der Waals surface area contributed by atoms with Crippen molar-refractivity contribution < 1.29 is 9.59 Å². The molecule has 2 atom stereocenters. The first-order valence-electron chi connectivity index (χ1n) is 3.40. The zero-order valence-corrected chi connectivity index (χ0v) is 6.02. The summed E-state index contributed by atoms with van der Waals surface area (Å²) in [5, 5.41) is 7.35. The van der Waals surface area contributed by atoms with E-state index < -0.39 is 6.04 Å². The van der Waals surface area contributed by atoms with E-state index in [0.29, 0.717) is 6.54 Å². The Hall–Kier alpha value is -1.26. The number of amides is 2. The van der Waals surface area contributed by atoms with E-state index in [1.54, 1.807) is 0 Å². The monoisotopic (exact) mass is 153 g/mol. The molecular formula is C6H7N3O2. The largest absolute Gasteiger partial charge is 0.283 e. The summed E-state index contributed by atoms with van der Waals surface area (Å²) >= 11 is 0. The van der Waals surface area contributed by atoms with Crippen LogP contribution >= 0.6 is 0 Å². The van der Waals surface area contributed by atoms with E-state index in [0.717, 1.165) is 4.90 Å². The highest BCUT2D eigenvalue weighted by molar-refractivity contribution is 6.07. The summed E-state index contributed by atoms with van der Waals surface area (Å²) in [6.07, 6.45) is 0. The second-order valence-electron chi connectivity index (χ2n) is 2.73. The Labute approximate surface area is 63.1 Å². The number of hydrogen-bond acceptors (Lipinski definition) is 4. The second-order valence-corrected chi connectivity index (χ2v) is 2.73. The number of rotatable bonds is 0. The van der Waals surface area contributed by atoms with E-state index in [4.69, 9.17) is 0 Å². The molecule has 2 aliphatic rings. The van der Waals surface area contributed by atoms with Crippen LogP contribution in [0.1, 0.15) is 0 Å². The number of hydrogen-bond donors (Lipinski definition) is 0. The predicted octanol–water partition coefficient (Wildman–Crippen LogP) is -0.564. The van der Waals surface area contributed by atoms with Gasteiger partial charge in [-0.05, 0) is 0 Å². The molecule has 2 heterocycles. The maximum atomic E-state index is 11.2. The van der Waals surface area contributed by atoms with Gasteiger partial charge in [-0.3, -0.25) is 14.5 Å². The first-order chi connectivity index (χ1) is 5.22. The fourth-order valence-electron chi connectivity index (χ4n) is 1.39. The van der Waals surface area contributed by atoms with Gasteiger partial charge in [-0.25, -0.2) is 0 Å². The minimum absolute atomic E-state index is 0.148. The quantitative estimate of drug-likeness (QED) is 0.438. The number of nitrogens with zero attached hydrogens (tertiary/aromatic N) is 3. The van der Waals surface area contributed by atoms with Gasteiger partial charge >= 0.3 is 0 Å². The summed E-state index contributed by atoms with van der Waals surface area (Å²) in [6.45, 7) is 0.375. The standard InChI is InChI=1S/C6H7N3O2/c1-9-5(10)3-2-7-8-4(3)6(9)11/h3-4H,2H2,1H3/t3-,4-/m0/s1. The number of carbonyl (C=O) groups is 2. The molecule has 0 unspecified atom stereocenters. The van der Waals surface area contributed by atoms with E-state index in [9.17, 15) is 9.59 Å². The summed E-state index contributed by atoms with van der Waals surface area (Å²) in [6, 6.07) is -0.507. The third kappa shape index (κ3) is 0.649. The normalized spacial score (nSPS) is 35.2. The van der Waals surface area contributed by atoms with Gasteiger partial charge < -0.3 is 0 Å². The van der Waals surface area contributed by atoms with Crippen LogP contribution in [-0.4, -0.2) is 36.3 Å². The van der Waals surface area contributed by atoms with E-state index >= 15 is 0 Å². The number of azo groups is 1. The van der Waals surface area contributed by atoms with Crippen LogP contribution < -0.4 is 0 Å². The van der Waals surface area contributed by atoms with Crippen LogP contribution in [0.2, 0.25) is 0 Å². The highest BCUT2D eigenvalue weighted by Crippen LogP contribution is 2.26. The SMILES string of the molecule is CN1C(=O)[C@H]2CN=N[C@@H]2C1=O. The lowest BCUT2D eigenvalue weighted by atomic mass is 10.1. The highest BCUT2D eigenvalue weighted by atomic mass is 16.2. The van der Waals surface area contributed by atoms with Gasteiger partial charge in [0.25, 0.3) is 5.91 Å². The second kappa shape index (κ2) is 1.87. The summed E-state index contributed by atoms with van der Waals surface area (Å²) < 4.78 is 0. The Kier molecular flexibility index (Phi) is 1.10. The zero-order valence-electron chi connectivity index (χ0n) is 6.02. The number of likely N-dealkylation sites (tertiary alicyclic amines) is 1. The Morgan fingerprint density at radius 1 is 1.45 bits per heavy atom. The lowest BCUT2D eigenvalue weighted by Crippen LogP contribution is -2.27. The summed E-state index contributed by atoms with van der Waals surface area (Å²) in [4.78, 5) is 23.5. The van der Waals surface area contributed by atoms with E-state index in [1.165, 1.54) is 7.05 Å².